The molecule has 0 saturated heterocycles. The molecule has 0 unspecified atom stereocenters. The lowest BCUT2D eigenvalue weighted by Crippen LogP contribution is -2.52. The molecule has 0 bridgehead atoms. The van der Waals surface area contributed by atoms with Crippen molar-refractivity contribution in [3.05, 3.63) is 89.5 Å². The van der Waals surface area contributed by atoms with Crippen molar-refractivity contribution in [1.29, 1.82) is 0 Å². The van der Waals surface area contributed by atoms with E-state index in [2.05, 4.69) is 20.9 Å². The molecule has 248 valence electrons. The van der Waals surface area contributed by atoms with E-state index >= 15 is 0 Å². The highest BCUT2D eigenvalue weighted by atomic mass is 19.3. The Hall–Kier alpha value is -5.21. The van der Waals surface area contributed by atoms with Gasteiger partial charge in [-0.05, 0) is 78.8 Å². The van der Waals surface area contributed by atoms with Gasteiger partial charge in [-0.3, -0.25) is 9.69 Å². The van der Waals surface area contributed by atoms with Crippen molar-refractivity contribution < 1.29 is 55.3 Å². The lowest BCUT2D eigenvalue weighted by molar-refractivity contribution is -0.391. The maximum atomic E-state index is 13.7. The van der Waals surface area contributed by atoms with Crippen molar-refractivity contribution in [3.8, 4) is 11.5 Å². The predicted molar refractivity (Wildman–Crippen MR) is 157 cm³/mol. The number of nitrogens with one attached hydrogen (secondary N) is 2. The second-order valence-electron chi connectivity index (χ2n) is 10.8. The largest absolute Gasteiger partial charge is 0.507 e. The van der Waals surface area contributed by atoms with Crippen LogP contribution in [-0.2, 0) is 11.3 Å². The van der Waals surface area contributed by atoms with Crippen LogP contribution >= 0.6 is 0 Å². The van der Waals surface area contributed by atoms with Crippen LogP contribution in [-0.4, -0.2) is 47.7 Å². The van der Waals surface area contributed by atoms with E-state index in [0.717, 1.165) is 49.4 Å². The van der Waals surface area contributed by atoms with Crippen molar-refractivity contribution in [2.75, 3.05) is 16.8 Å². The minimum atomic E-state index is -4.95. The van der Waals surface area contributed by atoms with Crippen molar-refractivity contribution in [2.45, 2.75) is 50.4 Å². The molecule has 1 aliphatic heterocycles. The van der Waals surface area contributed by atoms with Gasteiger partial charge in [-0.1, -0.05) is 30.3 Å². The molecule has 3 amide bonds. The van der Waals surface area contributed by atoms with Crippen LogP contribution in [0.25, 0.3) is 5.57 Å². The smallest absolute Gasteiger partial charge is 0.477 e. The molecule has 5 rings (SSSR count). The molecule has 3 aromatic carbocycles. The first-order valence-corrected chi connectivity index (χ1v) is 14.3. The van der Waals surface area contributed by atoms with E-state index in [1.165, 1.54) is 34.7 Å². The molecule has 1 aliphatic carbocycles. The molecule has 2 aliphatic rings. The Bertz CT molecular complexity index is 1700. The number of urea groups is 1. The van der Waals surface area contributed by atoms with E-state index < -0.39 is 54.1 Å². The van der Waals surface area contributed by atoms with Crippen molar-refractivity contribution in [3.63, 3.8) is 0 Å². The molecule has 3 aromatic rings. The highest BCUT2D eigenvalue weighted by Gasteiger charge is 2.66. The van der Waals surface area contributed by atoms with Crippen LogP contribution in [0.3, 0.4) is 0 Å². The van der Waals surface area contributed by atoms with Crippen LogP contribution < -0.4 is 25.0 Å². The van der Waals surface area contributed by atoms with Crippen LogP contribution in [0.5, 0.6) is 11.5 Å². The summed E-state index contributed by atoms with van der Waals surface area (Å²) < 4.78 is 89.6. The van der Waals surface area contributed by atoms with Gasteiger partial charge in [-0.2, -0.15) is 26.3 Å². The fourth-order valence-electron chi connectivity index (χ4n) is 4.89. The Labute approximate surface area is 263 Å². The maximum absolute atomic E-state index is 13.7. The number of rotatable bonds is 9. The number of benzene rings is 3. The number of alkyl halides is 6. The van der Waals surface area contributed by atoms with E-state index in [0.29, 0.717) is 11.3 Å². The number of carboxylic acids is 1. The van der Waals surface area contributed by atoms with E-state index in [4.69, 9.17) is 5.11 Å². The van der Waals surface area contributed by atoms with Gasteiger partial charge >= 0.3 is 30.1 Å². The van der Waals surface area contributed by atoms with Crippen LogP contribution in [0.4, 0.5) is 42.5 Å². The number of allylic oxidation sites excluding steroid dienone is 2. The van der Waals surface area contributed by atoms with Crippen molar-refractivity contribution in [2.24, 2.45) is 0 Å². The number of ether oxygens (including phenoxy) is 2. The molecule has 0 fully saturated rings. The van der Waals surface area contributed by atoms with Crippen LogP contribution in [0.15, 0.2) is 72.8 Å². The molecule has 47 heavy (non-hydrogen) atoms. The first kappa shape index (κ1) is 33.2. The second kappa shape index (κ2) is 12.9. The minimum Gasteiger partial charge on any atom is -0.477 e. The topological polar surface area (TPSA) is 117 Å². The molecule has 9 nitrogen and oxygen atoms in total. The van der Waals surface area contributed by atoms with Gasteiger partial charge in [0.15, 0.2) is 11.5 Å². The summed E-state index contributed by atoms with van der Waals surface area (Å²) >= 11 is 0. The molecule has 0 spiro atoms. The number of hydrogen-bond donors (Lipinski definition) is 3. The molecular formula is C32H27F6N3O6. The summed E-state index contributed by atoms with van der Waals surface area (Å²) in [6.07, 6.45) is -3.68. The van der Waals surface area contributed by atoms with E-state index in [1.807, 2.05) is 17.4 Å². The fraction of sp³-hybridized carbons (Fsp3) is 0.281. The Kier molecular flexibility index (Phi) is 9.09. The van der Waals surface area contributed by atoms with Gasteiger partial charge in [0.05, 0.1) is 13.1 Å². The van der Waals surface area contributed by atoms with E-state index in [1.54, 1.807) is 12.1 Å². The number of halogens is 6. The summed E-state index contributed by atoms with van der Waals surface area (Å²) in [6.45, 7) is -1.51. The summed E-state index contributed by atoms with van der Waals surface area (Å²) in [6, 6.07) is 14.9. The third kappa shape index (κ3) is 7.45. The fourth-order valence-corrected chi connectivity index (χ4v) is 4.89. The maximum Gasteiger partial charge on any atom is 0.507 e. The molecule has 0 radical (unpaired) electrons. The van der Waals surface area contributed by atoms with E-state index in [9.17, 15) is 40.7 Å². The number of aliphatic carboxylic acids is 1. The summed E-state index contributed by atoms with van der Waals surface area (Å²) in [5.41, 5.74) is 2.93. The third-order valence-corrected chi connectivity index (χ3v) is 7.44. The van der Waals surface area contributed by atoms with Gasteiger partial charge in [0.1, 0.15) is 0 Å². The number of anilines is 2. The van der Waals surface area contributed by atoms with Crippen molar-refractivity contribution in [1.82, 2.24) is 5.32 Å². The number of fused-ring (bicyclic) bond motifs is 1. The number of carbonyl (C=O) groups excluding carboxylic acids is 2. The van der Waals surface area contributed by atoms with Crippen LogP contribution in [0.2, 0.25) is 0 Å². The van der Waals surface area contributed by atoms with Gasteiger partial charge in [-0.15, -0.1) is 0 Å². The molecule has 3 N–H and O–H groups in total. The Morgan fingerprint density at radius 3 is 2.15 bits per heavy atom. The number of carboxylic acid groups (broad SMARTS) is 1. The van der Waals surface area contributed by atoms with Gasteiger partial charge in [0, 0.05) is 23.0 Å². The highest BCUT2D eigenvalue weighted by Crippen LogP contribution is 2.47. The highest BCUT2D eigenvalue weighted by molar-refractivity contribution is 6.02. The summed E-state index contributed by atoms with van der Waals surface area (Å²) in [5, 5.41) is 12.9. The molecule has 0 atom stereocenters. The molecule has 15 heteroatoms. The van der Waals surface area contributed by atoms with Gasteiger partial charge < -0.3 is 25.2 Å². The summed E-state index contributed by atoms with van der Waals surface area (Å²) in [5.74, 6) is -8.85. The molecule has 0 aromatic heterocycles. The van der Waals surface area contributed by atoms with Crippen LogP contribution in [0.1, 0.15) is 47.2 Å². The quantitative estimate of drug-likeness (QED) is 0.207. The monoisotopic (exact) mass is 663 g/mol. The molecular weight excluding hydrogens is 636 g/mol. The normalized spacial score (nSPS) is 16.4. The summed E-state index contributed by atoms with van der Waals surface area (Å²) in [4.78, 5) is 37.8. The average Bonchev–Trinajstić information content (AvgIpc) is 3.03. The minimum absolute atomic E-state index is 0.0466. The zero-order chi connectivity index (χ0) is 34.0. The van der Waals surface area contributed by atoms with Gasteiger partial charge in [-0.25, -0.2) is 9.59 Å². The van der Waals surface area contributed by atoms with E-state index in [-0.39, 0.29) is 17.8 Å². The number of carbonyl (C=O) groups is 3. The predicted octanol–water partition coefficient (Wildman–Crippen LogP) is 7.29. The van der Waals surface area contributed by atoms with Gasteiger partial charge in [0.25, 0.3) is 5.91 Å². The Morgan fingerprint density at radius 1 is 0.872 bits per heavy atom. The Balaban J connectivity index is 1.36. The SMILES string of the molecule is O=C(NCC(F)(F)C(=O)O)c1ccc(CN(C(=O)Nc2ccc3c(c2)OC(F)(F)C(F)(F)O3)c2ccc(C3=CCCCC3)cc2)cc1. The Morgan fingerprint density at radius 2 is 1.53 bits per heavy atom. The first-order chi connectivity index (χ1) is 22.1. The zero-order valence-electron chi connectivity index (χ0n) is 24.4. The lowest BCUT2D eigenvalue weighted by atomic mass is 9.93. The average molecular weight is 664 g/mol. The number of hydrogen-bond acceptors (Lipinski definition) is 5. The first-order valence-electron chi connectivity index (χ1n) is 14.3. The molecule has 1 heterocycles. The standard InChI is InChI=1S/C32H27F6N3O6/c33-30(34,28(43)44)18-39-27(42)22-8-6-19(7-9-22)17-41(24-13-10-21(11-14-24)20-4-2-1-3-5-20)29(45)40-23-12-15-25-26(16-23)47-32(37,38)31(35,36)46-25/h4,6-16H,1-3,5,17-18H2,(H,39,42)(H,40,45)(H,43,44). The van der Waals surface area contributed by atoms with Crippen LogP contribution in [0, 0.1) is 0 Å². The van der Waals surface area contributed by atoms with Crippen molar-refractivity contribution >= 4 is 34.9 Å². The lowest BCUT2D eigenvalue weighted by Gasteiger charge is -2.32. The number of nitrogens with zero attached hydrogens (tertiary/aromatic N) is 1. The third-order valence-electron chi connectivity index (χ3n) is 7.44. The summed E-state index contributed by atoms with van der Waals surface area (Å²) in [7, 11) is 0. The molecule has 0 saturated carbocycles. The van der Waals surface area contributed by atoms with Gasteiger partial charge in [0.2, 0.25) is 0 Å². The zero-order valence-corrected chi connectivity index (χ0v) is 24.4. The number of amides is 3. The second-order valence-corrected chi connectivity index (χ2v) is 10.8.